The molecule has 6 nitrogen and oxygen atoms in total. The summed E-state index contributed by atoms with van der Waals surface area (Å²) in [5.41, 5.74) is 1.26. The molecule has 0 radical (unpaired) electrons. The van der Waals surface area contributed by atoms with Gasteiger partial charge < -0.3 is 14.4 Å². The third-order valence-electron chi connectivity index (χ3n) is 5.70. The van der Waals surface area contributed by atoms with Gasteiger partial charge in [0.2, 0.25) is 5.88 Å². The number of Topliss-reactive ketones (excluding diaryl/α,β-unsaturated/α-hetero) is 1. The summed E-state index contributed by atoms with van der Waals surface area (Å²) in [6.07, 6.45) is 4.53. The number of hydrogen-bond acceptors (Lipinski definition) is 5. The van der Waals surface area contributed by atoms with Crippen molar-refractivity contribution in [2.75, 3.05) is 18.1 Å². The molecule has 1 saturated heterocycles. The lowest BCUT2D eigenvalue weighted by Crippen LogP contribution is -2.32. The lowest BCUT2D eigenvalue weighted by Gasteiger charge is -2.18. The molecule has 1 aromatic carbocycles. The van der Waals surface area contributed by atoms with Gasteiger partial charge in [-0.2, -0.15) is 0 Å². The van der Waals surface area contributed by atoms with Crippen LogP contribution in [0.3, 0.4) is 0 Å². The Bertz CT molecular complexity index is 972. The molecule has 5 rings (SSSR count). The number of benzene rings is 1. The number of pyridine rings is 1. The van der Waals surface area contributed by atoms with E-state index in [-0.39, 0.29) is 11.7 Å². The van der Waals surface area contributed by atoms with Crippen LogP contribution < -0.4 is 14.4 Å². The van der Waals surface area contributed by atoms with Gasteiger partial charge >= 0.3 is 0 Å². The number of ketones is 1. The van der Waals surface area contributed by atoms with Crippen molar-refractivity contribution in [3.8, 4) is 11.6 Å². The molecule has 1 atom stereocenters. The van der Waals surface area contributed by atoms with Gasteiger partial charge in [-0.1, -0.05) is 0 Å². The molecule has 29 heavy (non-hydrogen) atoms. The molecule has 1 amide bonds. The fourth-order valence-electron chi connectivity index (χ4n) is 3.85. The summed E-state index contributed by atoms with van der Waals surface area (Å²) < 4.78 is 25.8. The van der Waals surface area contributed by atoms with E-state index < -0.39 is 11.9 Å². The molecule has 2 fully saturated rings. The highest BCUT2D eigenvalue weighted by molar-refractivity contribution is 6.04. The van der Waals surface area contributed by atoms with Gasteiger partial charge in [0.1, 0.15) is 11.6 Å². The van der Waals surface area contributed by atoms with Crippen molar-refractivity contribution in [3.05, 3.63) is 47.4 Å². The third-order valence-corrected chi connectivity index (χ3v) is 5.70. The Morgan fingerprint density at radius 1 is 1.14 bits per heavy atom. The molecule has 1 saturated carbocycles. The topological polar surface area (TPSA) is 68.7 Å². The Balaban J connectivity index is 1.26. The maximum atomic E-state index is 14.4. The first-order valence-corrected chi connectivity index (χ1v) is 10.0. The fourth-order valence-corrected chi connectivity index (χ4v) is 3.85. The largest absolute Gasteiger partial charge is 0.479 e. The molecule has 7 heteroatoms. The molecule has 2 aromatic rings. The van der Waals surface area contributed by atoms with Crippen molar-refractivity contribution in [1.82, 2.24) is 4.98 Å². The highest BCUT2D eigenvalue weighted by Crippen LogP contribution is 2.33. The molecule has 1 unspecified atom stereocenters. The summed E-state index contributed by atoms with van der Waals surface area (Å²) in [5, 5.41) is 0. The van der Waals surface area contributed by atoms with Gasteiger partial charge in [0.15, 0.2) is 11.9 Å². The second-order valence-electron chi connectivity index (χ2n) is 7.85. The number of nitrogens with zero attached hydrogens (tertiary/aromatic N) is 2. The predicted octanol–water partition coefficient (Wildman–Crippen LogP) is 3.32. The first-order chi connectivity index (χ1) is 14.1. The molecule has 2 aliphatic carbocycles. The van der Waals surface area contributed by atoms with Gasteiger partial charge in [-0.05, 0) is 48.9 Å². The molecular formula is C22H21FN2O4. The number of rotatable bonds is 6. The minimum atomic E-state index is -0.665. The Morgan fingerprint density at radius 2 is 2.00 bits per heavy atom. The van der Waals surface area contributed by atoms with Crippen LogP contribution in [0, 0.1) is 11.7 Å². The highest BCUT2D eigenvalue weighted by atomic mass is 19.1. The number of halogens is 1. The standard InChI is InChI=1S/C22H21FN2O4/c23-18-10-14(9-17-16(18)4-5-19(17)26)25-8-7-20(22(25)27)29-15-3-6-21(24-11-15)28-12-13-1-2-13/h3,6,9-11,13,20H,1-2,4-5,7-8,12H2. The normalized spacial score (nSPS) is 20.9. The van der Waals surface area contributed by atoms with Crippen LogP contribution in [0.25, 0.3) is 0 Å². The van der Waals surface area contributed by atoms with Crippen molar-refractivity contribution in [1.29, 1.82) is 0 Å². The number of carbonyl (C=O) groups excluding carboxylic acids is 2. The molecule has 150 valence electrons. The average molecular weight is 396 g/mol. The van der Waals surface area contributed by atoms with Crippen LogP contribution in [0.4, 0.5) is 10.1 Å². The van der Waals surface area contributed by atoms with Crippen LogP contribution in [0.5, 0.6) is 11.6 Å². The number of aromatic nitrogens is 1. The van der Waals surface area contributed by atoms with Crippen LogP contribution in [0.15, 0.2) is 30.5 Å². The lowest BCUT2D eigenvalue weighted by atomic mass is 10.1. The molecular weight excluding hydrogens is 375 g/mol. The van der Waals surface area contributed by atoms with E-state index in [2.05, 4.69) is 4.98 Å². The summed E-state index contributed by atoms with van der Waals surface area (Å²) in [7, 11) is 0. The maximum Gasteiger partial charge on any atom is 0.268 e. The number of carbonyl (C=O) groups is 2. The van der Waals surface area contributed by atoms with Gasteiger partial charge in [0, 0.05) is 36.7 Å². The SMILES string of the molecule is O=C1CCc2c(F)cc(N3CCC(Oc4ccc(OCC5CC5)nc4)C3=O)cc21. The zero-order valence-electron chi connectivity index (χ0n) is 15.9. The first kappa shape index (κ1) is 18.1. The van der Waals surface area contributed by atoms with E-state index in [1.165, 1.54) is 23.8 Å². The van der Waals surface area contributed by atoms with Gasteiger partial charge in [-0.15, -0.1) is 0 Å². The summed E-state index contributed by atoms with van der Waals surface area (Å²) >= 11 is 0. The second-order valence-corrected chi connectivity index (χ2v) is 7.85. The van der Waals surface area contributed by atoms with Gasteiger partial charge in [0.05, 0.1) is 12.8 Å². The average Bonchev–Trinajstić information content (AvgIpc) is 3.38. The number of amides is 1. The Labute approximate surface area is 167 Å². The Morgan fingerprint density at radius 3 is 2.76 bits per heavy atom. The summed E-state index contributed by atoms with van der Waals surface area (Å²) in [4.78, 5) is 30.5. The quantitative estimate of drug-likeness (QED) is 0.749. The van der Waals surface area contributed by atoms with E-state index in [9.17, 15) is 14.0 Å². The number of anilines is 1. The second kappa shape index (κ2) is 7.13. The fraction of sp³-hybridized carbons (Fsp3) is 0.409. The molecule has 1 aliphatic heterocycles. The van der Waals surface area contributed by atoms with Crippen LogP contribution in [0.2, 0.25) is 0 Å². The summed E-state index contributed by atoms with van der Waals surface area (Å²) in [6, 6.07) is 6.43. The van der Waals surface area contributed by atoms with Crippen molar-refractivity contribution < 1.29 is 23.5 Å². The molecule has 0 spiro atoms. The highest BCUT2D eigenvalue weighted by Gasteiger charge is 2.36. The lowest BCUT2D eigenvalue weighted by molar-refractivity contribution is -0.122. The zero-order valence-corrected chi connectivity index (χ0v) is 15.9. The van der Waals surface area contributed by atoms with E-state index in [0.29, 0.717) is 66.8 Å². The van der Waals surface area contributed by atoms with E-state index in [4.69, 9.17) is 9.47 Å². The molecule has 1 aromatic heterocycles. The minimum absolute atomic E-state index is 0.0738. The summed E-state index contributed by atoms with van der Waals surface area (Å²) in [5.74, 6) is 0.931. The minimum Gasteiger partial charge on any atom is -0.479 e. The van der Waals surface area contributed by atoms with Gasteiger partial charge in [-0.25, -0.2) is 9.37 Å². The van der Waals surface area contributed by atoms with Crippen LogP contribution in [-0.2, 0) is 11.2 Å². The van der Waals surface area contributed by atoms with Crippen molar-refractivity contribution in [2.45, 2.75) is 38.2 Å². The number of fused-ring (bicyclic) bond motifs is 1. The van der Waals surface area contributed by atoms with E-state index in [0.717, 1.165) is 0 Å². The maximum absolute atomic E-state index is 14.4. The summed E-state index contributed by atoms with van der Waals surface area (Å²) in [6.45, 7) is 1.09. The smallest absolute Gasteiger partial charge is 0.268 e. The molecule has 0 N–H and O–H groups in total. The van der Waals surface area contributed by atoms with Gasteiger partial charge in [0.25, 0.3) is 5.91 Å². The monoisotopic (exact) mass is 396 g/mol. The number of ether oxygens (including phenoxy) is 2. The van der Waals surface area contributed by atoms with E-state index in [1.807, 2.05) is 0 Å². The predicted molar refractivity (Wildman–Crippen MR) is 103 cm³/mol. The van der Waals surface area contributed by atoms with Gasteiger partial charge in [-0.3, -0.25) is 9.59 Å². The van der Waals surface area contributed by atoms with Crippen LogP contribution in [-0.4, -0.2) is 35.9 Å². The van der Waals surface area contributed by atoms with E-state index >= 15 is 0 Å². The van der Waals surface area contributed by atoms with Crippen LogP contribution in [0.1, 0.15) is 41.6 Å². The van der Waals surface area contributed by atoms with E-state index in [1.54, 1.807) is 24.4 Å². The first-order valence-electron chi connectivity index (χ1n) is 10.0. The molecule has 0 bridgehead atoms. The zero-order chi connectivity index (χ0) is 20.0. The van der Waals surface area contributed by atoms with Crippen molar-refractivity contribution in [2.24, 2.45) is 5.92 Å². The third kappa shape index (κ3) is 3.57. The molecule has 2 heterocycles. The Kier molecular flexibility index (Phi) is 4.45. The Hall–Kier alpha value is -2.96. The number of hydrogen-bond donors (Lipinski definition) is 0. The van der Waals surface area contributed by atoms with Crippen LogP contribution >= 0.6 is 0 Å². The molecule has 3 aliphatic rings. The van der Waals surface area contributed by atoms with Crippen molar-refractivity contribution >= 4 is 17.4 Å². The van der Waals surface area contributed by atoms with Crippen molar-refractivity contribution in [3.63, 3.8) is 0 Å².